The Kier molecular flexibility index (Phi) is 6.67. The van der Waals surface area contributed by atoms with Crippen molar-refractivity contribution in [3.63, 3.8) is 0 Å². The topological polar surface area (TPSA) is 39.7 Å². The van der Waals surface area contributed by atoms with E-state index >= 15 is 0 Å². The number of hydrogen-bond acceptors (Lipinski definition) is 5. The van der Waals surface area contributed by atoms with Crippen molar-refractivity contribution in [1.82, 2.24) is 5.32 Å². The van der Waals surface area contributed by atoms with Crippen molar-refractivity contribution in [2.45, 2.75) is 24.1 Å². The molecule has 4 nitrogen and oxygen atoms in total. The van der Waals surface area contributed by atoms with Crippen molar-refractivity contribution in [3.05, 3.63) is 23.8 Å². The van der Waals surface area contributed by atoms with Gasteiger partial charge in [0, 0.05) is 35.8 Å². The first kappa shape index (κ1) is 16.5. The number of ether oxygens (including phenoxy) is 3. The molecule has 1 aromatic rings. The zero-order valence-electron chi connectivity index (χ0n) is 13.1. The average molecular weight is 311 g/mol. The summed E-state index contributed by atoms with van der Waals surface area (Å²) < 4.78 is 16.3. The van der Waals surface area contributed by atoms with Crippen LogP contribution in [0.15, 0.2) is 18.2 Å². The van der Waals surface area contributed by atoms with Gasteiger partial charge in [-0.3, -0.25) is 0 Å². The Bertz CT molecular complexity index is 436. The number of nitrogens with one attached hydrogen (secondary N) is 1. The molecule has 1 aliphatic rings. The van der Waals surface area contributed by atoms with Gasteiger partial charge in [-0.2, -0.15) is 11.8 Å². The molecule has 0 radical (unpaired) electrons. The molecule has 0 saturated carbocycles. The maximum atomic E-state index is 5.49. The molecule has 118 valence electrons. The number of thioether (sulfide) groups is 1. The average Bonchev–Trinajstić information content (AvgIpc) is 2.56. The summed E-state index contributed by atoms with van der Waals surface area (Å²) in [5.74, 6) is 2.79. The highest BCUT2D eigenvalue weighted by molar-refractivity contribution is 7.99. The standard InChI is InChI=1S/C16H25NO3S/c1-17-15(11-21-13-6-8-20-9-7-13)14-10-12(18-2)4-5-16(14)19-3/h4-5,10,13,15,17H,6-9,11H2,1-3H3. The van der Waals surface area contributed by atoms with E-state index in [1.54, 1.807) is 14.2 Å². The summed E-state index contributed by atoms with van der Waals surface area (Å²) >= 11 is 2.02. The molecule has 1 fully saturated rings. The molecule has 0 amide bonds. The van der Waals surface area contributed by atoms with E-state index in [0.29, 0.717) is 5.25 Å². The summed E-state index contributed by atoms with van der Waals surface area (Å²) in [5.41, 5.74) is 1.15. The highest BCUT2D eigenvalue weighted by atomic mass is 32.2. The van der Waals surface area contributed by atoms with E-state index in [0.717, 1.165) is 48.9 Å². The van der Waals surface area contributed by atoms with E-state index in [4.69, 9.17) is 14.2 Å². The molecule has 1 atom stereocenters. The number of methoxy groups -OCH3 is 2. The molecule has 0 aliphatic carbocycles. The SMILES string of the molecule is CNC(CSC1CCOCC1)c1cc(OC)ccc1OC. The second-order valence-corrected chi connectivity index (χ2v) is 6.43. The zero-order valence-corrected chi connectivity index (χ0v) is 13.9. The Balaban J connectivity index is 2.04. The van der Waals surface area contributed by atoms with Gasteiger partial charge in [0.2, 0.25) is 0 Å². The summed E-state index contributed by atoms with van der Waals surface area (Å²) in [6.45, 7) is 1.79. The maximum absolute atomic E-state index is 5.49. The van der Waals surface area contributed by atoms with Crippen LogP contribution in [-0.4, -0.2) is 45.5 Å². The zero-order chi connectivity index (χ0) is 15.1. The Morgan fingerprint density at radius 2 is 2.05 bits per heavy atom. The van der Waals surface area contributed by atoms with Crippen LogP contribution in [0, 0.1) is 0 Å². The predicted octanol–water partition coefficient (Wildman–Crippen LogP) is 2.88. The Hall–Kier alpha value is -0.910. The largest absolute Gasteiger partial charge is 0.497 e. The fourth-order valence-electron chi connectivity index (χ4n) is 2.52. The first-order chi connectivity index (χ1) is 10.3. The second kappa shape index (κ2) is 8.51. The minimum atomic E-state index is 0.253. The lowest BCUT2D eigenvalue weighted by atomic mass is 10.1. The Labute approximate surface area is 131 Å². The van der Waals surface area contributed by atoms with Gasteiger partial charge < -0.3 is 19.5 Å². The highest BCUT2D eigenvalue weighted by Crippen LogP contribution is 2.33. The molecule has 5 heteroatoms. The molecule has 1 aliphatic heterocycles. The van der Waals surface area contributed by atoms with Crippen LogP contribution in [0.25, 0.3) is 0 Å². The Morgan fingerprint density at radius 3 is 2.67 bits per heavy atom. The van der Waals surface area contributed by atoms with E-state index in [-0.39, 0.29) is 6.04 Å². The molecular formula is C16H25NO3S. The third-order valence-electron chi connectivity index (χ3n) is 3.83. The third kappa shape index (κ3) is 4.53. The lowest BCUT2D eigenvalue weighted by Crippen LogP contribution is -2.23. The lowest BCUT2D eigenvalue weighted by molar-refractivity contribution is 0.1000. The Morgan fingerprint density at radius 1 is 1.29 bits per heavy atom. The fourth-order valence-corrected chi connectivity index (χ4v) is 3.85. The molecule has 1 saturated heterocycles. The summed E-state index contributed by atoms with van der Waals surface area (Å²) in [4.78, 5) is 0. The monoisotopic (exact) mass is 311 g/mol. The fraction of sp³-hybridized carbons (Fsp3) is 0.625. The van der Waals surface area contributed by atoms with Crippen molar-refractivity contribution >= 4 is 11.8 Å². The van der Waals surface area contributed by atoms with Crippen LogP contribution >= 0.6 is 11.8 Å². The number of hydrogen-bond donors (Lipinski definition) is 1. The quantitative estimate of drug-likeness (QED) is 0.838. The van der Waals surface area contributed by atoms with Crippen molar-refractivity contribution in [1.29, 1.82) is 0 Å². The molecule has 21 heavy (non-hydrogen) atoms. The molecule has 1 unspecified atom stereocenters. The van der Waals surface area contributed by atoms with Gasteiger partial charge in [-0.15, -0.1) is 0 Å². The highest BCUT2D eigenvalue weighted by Gasteiger charge is 2.20. The maximum Gasteiger partial charge on any atom is 0.123 e. The van der Waals surface area contributed by atoms with Crippen molar-refractivity contribution in [2.24, 2.45) is 0 Å². The molecule has 2 rings (SSSR count). The van der Waals surface area contributed by atoms with Crippen molar-refractivity contribution < 1.29 is 14.2 Å². The van der Waals surface area contributed by atoms with Crippen LogP contribution in [0.1, 0.15) is 24.4 Å². The van der Waals surface area contributed by atoms with Gasteiger partial charge in [0.05, 0.1) is 14.2 Å². The molecular weight excluding hydrogens is 286 g/mol. The van der Waals surface area contributed by atoms with Gasteiger partial charge in [0.15, 0.2) is 0 Å². The van der Waals surface area contributed by atoms with Gasteiger partial charge in [0.25, 0.3) is 0 Å². The minimum Gasteiger partial charge on any atom is -0.497 e. The van der Waals surface area contributed by atoms with E-state index in [1.807, 2.05) is 30.9 Å². The number of rotatable bonds is 7. The minimum absolute atomic E-state index is 0.253. The first-order valence-corrected chi connectivity index (χ1v) is 8.42. The third-order valence-corrected chi connectivity index (χ3v) is 5.30. The van der Waals surface area contributed by atoms with Crippen LogP contribution in [0.5, 0.6) is 11.5 Å². The molecule has 1 N–H and O–H groups in total. The van der Waals surface area contributed by atoms with Gasteiger partial charge in [-0.25, -0.2) is 0 Å². The summed E-state index contributed by atoms with van der Waals surface area (Å²) in [5, 5.41) is 4.10. The van der Waals surface area contributed by atoms with E-state index in [2.05, 4.69) is 11.4 Å². The normalized spacial score (nSPS) is 17.5. The van der Waals surface area contributed by atoms with Crippen LogP contribution in [-0.2, 0) is 4.74 Å². The summed E-state index contributed by atoms with van der Waals surface area (Å²) in [7, 11) is 5.40. The first-order valence-electron chi connectivity index (χ1n) is 7.37. The van der Waals surface area contributed by atoms with Gasteiger partial charge >= 0.3 is 0 Å². The van der Waals surface area contributed by atoms with Gasteiger partial charge in [-0.1, -0.05) is 0 Å². The lowest BCUT2D eigenvalue weighted by Gasteiger charge is -2.25. The van der Waals surface area contributed by atoms with Crippen LogP contribution in [0.4, 0.5) is 0 Å². The second-order valence-electron chi connectivity index (χ2n) is 5.09. The molecule has 1 aromatic carbocycles. The van der Waals surface area contributed by atoms with E-state index < -0.39 is 0 Å². The summed E-state index contributed by atoms with van der Waals surface area (Å²) in [6, 6.07) is 6.21. The van der Waals surface area contributed by atoms with E-state index in [9.17, 15) is 0 Å². The van der Waals surface area contributed by atoms with E-state index in [1.165, 1.54) is 0 Å². The van der Waals surface area contributed by atoms with Crippen molar-refractivity contribution in [3.8, 4) is 11.5 Å². The number of benzene rings is 1. The summed E-state index contributed by atoms with van der Waals surface area (Å²) in [6.07, 6.45) is 2.30. The predicted molar refractivity (Wildman–Crippen MR) is 87.6 cm³/mol. The van der Waals surface area contributed by atoms with Gasteiger partial charge in [-0.05, 0) is 38.1 Å². The smallest absolute Gasteiger partial charge is 0.123 e. The van der Waals surface area contributed by atoms with Crippen LogP contribution in [0.2, 0.25) is 0 Å². The molecule has 0 spiro atoms. The molecule has 1 heterocycles. The molecule has 0 aromatic heterocycles. The van der Waals surface area contributed by atoms with Crippen LogP contribution in [0.3, 0.4) is 0 Å². The van der Waals surface area contributed by atoms with Crippen LogP contribution < -0.4 is 14.8 Å². The van der Waals surface area contributed by atoms with Crippen molar-refractivity contribution in [2.75, 3.05) is 40.2 Å². The van der Waals surface area contributed by atoms with Gasteiger partial charge in [0.1, 0.15) is 11.5 Å². The molecule has 0 bridgehead atoms.